The van der Waals surface area contributed by atoms with Gasteiger partial charge in [-0.3, -0.25) is 0 Å². The Morgan fingerprint density at radius 3 is 2.78 bits per heavy atom. The molecule has 1 aromatic rings. The van der Waals surface area contributed by atoms with Gasteiger partial charge in [-0.1, -0.05) is 26.0 Å². The first kappa shape index (κ1) is 15.6. The lowest BCUT2D eigenvalue weighted by Crippen LogP contribution is -2.28. The summed E-state index contributed by atoms with van der Waals surface area (Å²) in [5, 5.41) is 3.42. The van der Waals surface area contributed by atoms with Crippen molar-refractivity contribution in [2.75, 3.05) is 20.3 Å². The third-order valence-electron chi connectivity index (χ3n) is 3.09. The zero-order chi connectivity index (χ0) is 13.5. The number of halogens is 2. The van der Waals surface area contributed by atoms with Crippen LogP contribution in [0, 0.1) is 11.7 Å². The maximum Gasteiger partial charge on any atom is 0.137 e. The molecule has 0 saturated heterocycles. The molecule has 0 radical (unpaired) electrons. The summed E-state index contributed by atoms with van der Waals surface area (Å²) in [4.78, 5) is 0. The lowest BCUT2D eigenvalue weighted by Gasteiger charge is -2.26. The molecule has 0 aliphatic carbocycles. The molecule has 0 spiro atoms. The van der Waals surface area contributed by atoms with Crippen molar-refractivity contribution in [2.24, 2.45) is 5.92 Å². The summed E-state index contributed by atoms with van der Waals surface area (Å²) in [6.45, 7) is 5.79. The van der Waals surface area contributed by atoms with Gasteiger partial charge in [-0.15, -0.1) is 0 Å². The first-order valence-electron chi connectivity index (χ1n) is 6.28. The van der Waals surface area contributed by atoms with Crippen molar-refractivity contribution in [3.05, 3.63) is 34.1 Å². The molecule has 0 aliphatic heterocycles. The Morgan fingerprint density at radius 1 is 1.44 bits per heavy atom. The number of methoxy groups -OCH3 is 1. The van der Waals surface area contributed by atoms with E-state index >= 15 is 0 Å². The number of nitrogens with one attached hydrogen (secondary N) is 1. The Bertz CT molecular complexity index is 373. The maximum atomic E-state index is 13.6. The standard InChI is InChI=1S/C14H21BrFNO/c1-4-17-14(10(2)8-9-18-3)11-6-5-7-12(16)13(11)15/h5-7,10,14,17H,4,8-9H2,1-3H3. The summed E-state index contributed by atoms with van der Waals surface area (Å²) in [6, 6.07) is 5.32. The minimum absolute atomic E-state index is 0.134. The largest absolute Gasteiger partial charge is 0.385 e. The van der Waals surface area contributed by atoms with Gasteiger partial charge >= 0.3 is 0 Å². The molecule has 102 valence electrons. The maximum absolute atomic E-state index is 13.6. The van der Waals surface area contributed by atoms with Crippen molar-refractivity contribution in [1.29, 1.82) is 0 Å². The van der Waals surface area contributed by atoms with Crippen molar-refractivity contribution in [2.45, 2.75) is 26.3 Å². The molecule has 0 amide bonds. The first-order chi connectivity index (χ1) is 8.61. The molecule has 1 aromatic carbocycles. The number of hydrogen-bond donors (Lipinski definition) is 1. The zero-order valence-corrected chi connectivity index (χ0v) is 12.8. The molecule has 2 unspecified atom stereocenters. The van der Waals surface area contributed by atoms with Crippen molar-refractivity contribution in [3.63, 3.8) is 0 Å². The monoisotopic (exact) mass is 317 g/mol. The molecule has 0 bridgehead atoms. The molecule has 0 aliphatic rings. The van der Waals surface area contributed by atoms with Gasteiger partial charge in [0.25, 0.3) is 0 Å². The van der Waals surface area contributed by atoms with Gasteiger partial charge in [-0.2, -0.15) is 0 Å². The number of benzene rings is 1. The van der Waals surface area contributed by atoms with Crippen molar-refractivity contribution in [3.8, 4) is 0 Å². The van der Waals surface area contributed by atoms with E-state index < -0.39 is 0 Å². The smallest absolute Gasteiger partial charge is 0.137 e. The molecule has 2 nitrogen and oxygen atoms in total. The Balaban J connectivity index is 2.92. The van der Waals surface area contributed by atoms with E-state index in [-0.39, 0.29) is 11.9 Å². The van der Waals surface area contributed by atoms with Gasteiger partial charge in [-0.25, -0.2) is 4.39 Å². The van der Waals surface area contributed by atoms with Crippen LogP contribution in [-0.4, -0.2) is 20.3 Å². The average Bonchev–Trinajstić information content (AvgIpc) is 2.37. The molecule has 0 fully saturated rings. The Kier molecular flexibility index (Phi) is 6.82. The van der Waals surface area contributed by atoms with Gasteiger partial charge in [0.1, 0.15) is 5.82 Å². The SMILES string of the molecule is CCNC(c1cccc(F)c1Br)C(C)CCOC. The van der Waals surface area contributed by atoms with Crippen molar-refractivity contribution < 1.29 is 9.13 Å². The van der Waals surface area contributed by atoms with Gasteiger partial charge in [0.15, 0.2) is 0 Å². The molecule has 2 atom stereocenters. The fourth-order valence-corrected chi connectivity index (χ4v) is 2.58. The van der Waals surface area contributed by atoms with Gasteiger partial charge < -0.3 is 10.1 Å². The van der Waals surface area contributed by atoms with Crippen LogP contribution >= 0.6 is 15.9 Å². The second-order valence-electron chi connectivity index (χ2n) is 4.44. The van der Waals surface area contributed by atoms with E-state index in [1.165, 1.54) is 6.07 Å². The molecule has 0 saturated carbocycles. The van der Waals surface area contributed by atoms with Crippen LogP contribution in [-0.2, 0) is 4.74 Å². The van der Waals surface area contributed by atoms with E-state index in [1.54, 1.807) is 13.2 Å². The normalized spacial score (nSPS) is 14.5. The summed E-state index contributed by atoms with van der Waals surface area (Å²) >= 11 is 3.34. The molecule has 18 heavy (non-hydrogen) atoms. The van der Waals surface area contributed by atoms with Crippen LogP contribution < -0.4 is 5.32 Å². The first-order valence-corrected chi connectivity index (χ1v) is 7.07. The fraction of sp³-hybridized carbons (Fsp3) is 0.571. The summed E-state index contributed by atoms with van der Waals surface area (Å²) in [5.41, 5.74) is 0.973. The molecular formula is C14H21BrFNO. The van der Waals surface area contributed by atoms with Gasteiger partial charge in [0.05, 0.1) is 4.47 Å². The summed E-state index contributed by atoms with van der Waals surface area (Å²) in [7, 11) is 1.70. The van der Waals surface area contributed by atoms with Crippen LogP contribution in [0.3, 0.4) is 0 Å². The van der Waals surface area contributed by atoms with Crippen LogP contribution in [0.2, 0.25) is 0 Å². The summed E-state index contributed by atoms with van der Waals surface area (Å²) < 4.78 is 19.3. The highest BCUT2D eigenvalue weighted by Gasteiger charge is 2.21. The minimum Gasteiger partial charge on any atom is -0.385 e. The summed E-state index contributed by atoms with van der Waals surface area (Å²) in [5.74, 6) is 0.164. The van der Waals surface area contributed by atoms with E-state index in [1.807, 2.05) is 6.07 Å². The van der Waals surface area contributed by atoms with E-state index in [9.17, 15) is 4.39 Å². The van der Waals surface area contributed by atoms with Gasteiger partial charge in [0.2, 0.25) is 0 Å². The molecule has 1 N–H and O–H groups in total. The van der Waals surface area contributed by atoms with Crippen LogP contribution in [0.25, 0.3) is 0 Å². The van der Waals surface area contributed by atoms with E-state index in [4.69, 9.17) is 4.74 Å². The lowest BCUT2D eigenvalue weighted by atomic mass is 9.92. The predicted molar refractivity (Wildman–Crippen MR) is 76.2 cm³/mol. The number of rotatable bonds is 7. The van der Waals surface area contributed by atoms with Crippen LogP contribution in [0.5, 0.6) is 0 Å². The Morgan fingerprint density at radius 2 is 2.17 bits per heavy atom. The second-order valence-corrected chi connectivity index (χ2v) is 5.23. The molecule has 4 heteroatoms. The van der Waals surface area contributed by atoms with Gasteiger partial charge in [-0.05, 0) is 46.4 Å². The molecule has 0 aromatic heterocycles. The van der Waals surface area contributed by atoms with E-state index in [0.717, 1.165) is 25.1 Å². The molecule has 0 heterocycles. The third kappa shape index (κ3) is 4.04. The van der Waals surface area contributed by atoms with Crippen LogP contribution in [0.4, 0.5) is 4.39 Å². The van der Waals surface area contributed by atoms with Gasteiger partial charge in [0, 0.05) is 19.8 Å². The van der Waals surface area contributed by atoms with Crippen molar-refractivity contribution >= 4 is 15.9 Å². The third-order valence-corrected chi connectivity index (χ3v) is 3.92. The lowest BCUT2D eigenvalue weighted by molar-refractivity contribution is 0.170. The number of ether oxygens (including phenoxy) is 1. The highest BCUT2D eigenvalue weighted by molar-refractivity contribution is 9.10. The van der Waals surface area contributed by atoms with E-state index in [2.05, 4.69) is 35.1 Å². The topological polar surface area (TPSA) is 21.3 Å². The molecule has 1 rings (SSSR count). The zero-order valence-electron chi connectivity index (χ0n) is 11.2. The van der Waals surface area contributed by atoms with E-state index in [0.29, 0.717) is 10.4 Å². The minimum atomic E-state index is -0.214. The van der Waals surface area contributed by atoms with Crippen LogP contribution in [0.15, 0.2) is 22.7 Å². The highest BCUT2D eigenvalue weighted by atomic mass is 79.9. The van der Waals surface area contributed by atoms with Crippen molar-refractivity contribution in [1.82, 2.24) is 5.32 Å². The summed E-state index contributed by atoms with van der Waals surface area (Å²) in [6.07, 6.45) is 0.942. The van der Waals surface area contributed by atoms with Crippen LogP contribution in [0.1, 0.15) is 31.9 Å². The number of hydrogen-bond acceptors (Lipinski definition) is 2. The predicted octanol–water partition coefficient (Wildman–Crippen LogP) is 3.91. The fourth-order valence-electron chi connectivity index (χ4n) is 2.07. The quantitative estimate of drug-likeness (QED) is 0.823. The Hall–Kier alpha value is -0.450. The average molecular weight is 318 g/mol. The highest BCUT2D eigenvalue weighted by Crippen LogP contribution is 2.31. The second kappa shape index (κ2) is 7.87. The molecular weight excluding hydrogens is 297 g/mol. The Labute approximate surface area is 117 Å².